The van der Waals surface area contributed by atoms with E-state index >= 15 is 0 Å². The van der Waals surface area contributed by atoms with Crippen LogP contribution >= 0.6 is 0 Å². The van der Waals surface area contributed by atoms with E-state index in [4.69, 9.17) is 33.5 Å². The molecule has 0 unspecified atom stereocenters. The van der Waals surface area contributed by atoms with E-state index in [1.54, 1.807) is 6.07 Å². The van der Waals surface area contributed by atoms with Crippen LogP contribution in [0.3, 0.4) is 0 Å². The molecule has 2 aliphatic carbocycles. The van der Waals surface area contributed by atoms with Crippen molar-refractivity contribution in [1.29, 1.82) is 0 Å². The summed E-state index contributed by atoms with van der Waals surface area (Å²) in [4.78, 5) is 63.7. The zero-order valence-electron chi connectivity index (χ0n) is 24.3. The van der Waals surface area contributed by atoms with Crippen molar-refractivity contribution >= 4 is 29.8 Å². The topological polar surface area (TPSA) is 184 Å². The van der Waals surface area contributed by atoms with Gasteiger partial charge >= 0.3 is 29.8 Å². The third-order valence-corrected chi connectivity index (χ3v) is 8.74. The van der Waals surface area contributed by atoms with Crippen LogP contribution in [0.1, 0.15) is 44.7 Å². The number of likely N-dealkylation sites (N-methyl/N-ethyl adjacent to an activating group) is 1. The number of nitrogens with zero attached hydrogens (tertiary/aromatic N) is 1. The Hall–Kier alpha value is -4.17. The normalized spacial score (nSPS) is 28.6. The Labute approximate surface area is 246 Å². The van der Waals surface area contributed by atoms with Gasteiger partial charge in [0.2, 0.25) is 12.2 Å². The SMILES string of the molecule is COc1ccc2c3c1O[C@H]1C(OC(=O)[C@H](OC(C)=O)[C@@H](OC(C)=O)C(=O)O[C@@H](C)C(=O)O)=CC[C@@]4(O)[C@@H](C2)N(C)CC[C@]314. The first-order valence-corrected chi connectivity index (χ1v) is 13.7. The number of likely N-dealkylation sites (tertiary alicyclic amines) is 1. The second kappa shape index (κ2) is 10.8. The number of esters is 4. The number of carboxylic acid groups (broad SMARTS) is 1. The number of carbonyl (C=O) groups excluding carboxylic acids is 4. The van der Waals surface area contributed by atoms with E-state index in [2.05, 4.69) is 4.90 Å². The number of hydrogen-bond acceptors (Lipinski definition) is 13. The Morgan fingerprint density at radius 3 is 2.30 bits per heavy atom. The van der Waals surface area contributed by atoms with Crippen LogP contribution in [0, 0.1) is 0 Å². The van der Waals surface area contributed by atoms with Crippen molar-refractivity contribution in [2.24, 2.45) is 0 Å². The van der Waals surface area contributed by atoms with Crippen LogP contribution in [0.15, 0.2) is 24.0 Å². The van der Waals surface area contributed by atoms with Crippen LogP contribution in [0.4, 0.5) is 0 Å². The number of carbonyl (C=O) groups is 5. The summed E-state index contributed by atoms with van der Waals surface area (Å²) < 4.78 is 32.6. The molecule has 2 heterocycles. The van der Waals surface area contributed by atoms with Crippen molar-refractivity contribution in [2.75, 3.05) is 20.7 Å². The predicted molar refractivity (Wildman–Crippen MR) is 142 cm³/mol. The molecule has 2 aliphatic heterocycles. The molecule has 0 aromatic heterocycles. The lowest BCUT2D eigenvalue weighted by molar-refractivity contribution is -0.194. The van der Waals surface area contributed by atoms with Gasteiger partial charge in [-0.25, -0.2) is 14.4 Å². The van der Waals surface area contributed by atoms with Crippen molar-refractivity contribution in [2.45, 2.75) is 81.5 Å². The summed E-state index contributed by atoms with van der Waals surface area (Å²) in [6.07, 6.45) is -4.37. The molecular formula is C29H33NO13. The van der Waals surface area contributed by atoms with E-state index in [0.29, 0.717) is 30.9 Å². The molecule has 0 amide bonds. The van der Waals surface area contributed by atoms with Gasteiger partial charge in [0.05, 0.1) is 18.1 Å². The number of ether oxygens (including phenoxy) is 6. The molecule has 43 heavy (non-hydrogen) atoms. The van der Waals surface area contributed by atoms with Crippen LogP contribution in [0.25, 0.3) is 0 Å². The number of hydrogen-bond donors (Lipinski definition) is 2. The zero-order valence-corrected chi connectivity index (χ0v) is 24.3. The van der Waals surface area contributed by atoms with E-state index in [1.165, 1.54) is 13.2 Å². The maximum atomic E-state index is 13.6. The standard InChI is InChI=1S/C29H33NO13/c1-13(25(33)34)39-26(35)22(40-14(2)31)23(41-15(3)32)27(36)42-18-8-9-29(37)19-12-16-6-7-17(38-5)21-20(16)28(29,24(18)43-21)10-11-30(19)4/h6-8,13,19,22-24,37H,9-12H2,1-5H3,(H,33,34)/t13-,19+,22+,23+,24-,28-,29+/m0/s1. The van der Waals surface area contributed by atoms with Gasteiger partial charge in [-0.3, -0.25) is 9.59 Å². The summed E-state index contributed by atoms with van der Waals surface area (Å²) in [5.74, 6) is -5.44. The van der Waals surface area contributed by atoms with Gasteiger partial charge < -0.3 is 43.5 Å². The monoisotopic (exact) mass is 603 g/mol. The van der Waals surface area contributed by atoms with Gasteiger partial charge in [-0.05, 0) is 51.1 Å². The number of benzene rings is 1. The van der Waals surface area contributed by atoms with E-state index < -0.39 is 65.3 Å². The summed E-state index contributed by atoms with van der Waals surface area (Å²) in [6, 6.07) is 3.45. The molecular weight excluding hydrogens is 570 g/mol. The first-order valence-electron chi connectivity index (χ1n) is 13.7. The fourth-order valence-electron chi connectivity index (χ4n) is 6.88. The Balaban J connectivity index is 1.52. The Kier molecular flexibility index (Phi) is 7.63. The molecule has 4 aliphatic rings. The highest BCUT2D eigenvalue weighted by Crippen LogP contribution is 2.65. The smallest absolute Gasteiger partial charge is 0.357 e. The average Bonchev–Trinajstić information content (AvgIpc) is 3.29. The van der Waals surface area contributed by atoms with Gasteiger partial charge in [0.25, 0.3) is 0 Å². The lowest BCUT2D eigenvalue weighted by Crippen LogP contribution is -2.74. The predicted octanol–water partition coefficient (Wildman–Crippen LogP) is 0.396. The number of piperidine rings is 1. The maximum Gasteiger partial charge on any atom is 0.357 e. The number of carboxylic acids is 1. The second-order valence-corrected chi connectivity index (χ2v) is 11.2. The molecule has 5 rings (SSSR count). The Morgan fingerprint density at radius 2 is 1.70 bits per heavy atom. The van der Waals surface area contributed by atoms with Crippen molar-refractivity contribution in [3.63, 3.8) is 0 Å². The van der Waals surface area contributed by atoms with Crippen LogP contribution in [-0.4, -0.2) is 102 Å². The minimum absolute atomic E-state index is 0.00456. The first-order chi connectivity index (χ1) is 20.2. The third kappa shape index (κ3) is 4.68. The van der Waals surface area contributed by atoms with E-state index in [-0.39, 0.29) is 18.2 Å². The molecule has 14 heteroatoms. The van der Waals surface area contributed by atoms with Crippen molar-refractivity contribution in [3.05, 3.63) is 35.1 Å². The van der Waals surface area contributed by atoms with Gasteiger partial charge in [-0.15, -0.1) is 0 Å². The molecule has 7 atom stereocenters. The largest absolute Gasteiger partial charge is 0.493 e. The lowest BCUT2D eigenvalue weighted by Gasteiger charge is -2.61. The molecule has 1 aromatic carbocycles. The van der Waals surface area contributed by atoms with Gasteiger partial charge in [-0.2, -0.15) is 0 Å². The molecule has 1 saturated heterocycles. The number of aliphatic carboxylic acids is 1. The third-order valence-electron chi connectivity index (χ3n) is 8.74. The maximum absolute atomic E-state index is 13.6. The van der Waals surface area contributed by atoms with Gasteiger partial charge in [-0.1, -0.05) is 6.07 Å². The highest BCUT2D eigenvalue weighted by Gasteiger charge is 2.72. The Morgan fingerprint density at radius 1 is 1.05 bits per heavy atom. The first kappa shape index (κ1) is 30.3. The van der Waals surface area contributed by atoms with Crippen molar-refractivity contribution < 1.29 is 62.6 Å². The fourth-order valence-corrected chi connectivity index (χ4v) is 6.88. The van der Waals surface area contributed by atoms with E-state index in [9.17, 15) is 29.1 Å². The molecule has 1 spiro atoms. The van der Waals surface area contributed by atoms with Crippen LogP contribution in [0.2, 0.25) is 0 Å². The van der Waals surface area contributed by atoms with Gasteiger partial charge in [0, 0.05) is 31.9 Å². The number of aliphatic hydroxyl groups is 1. The zero-order chi connectivity index (χ0) is 31.4. The fraction of sp³-hybridized carbons (Fsp3) is 0.552. The number of rotatable bonds is 9. The summed E-state index contributed by atoms with van der Waals surface area (Å²) in [6.45, 7) is 3.56. The molecule has 232 valence electrons. The highest BCUT2D eigenvalue weighted by atomic mass is 16.6. The molecule has 1 fully saturated rings. The molecule has 14 nitrogen and oxygen atoms in total. The summed E-state index contributed by atoms with van der Waals surface area (Å²) >= 11 is 0. The quantitative estimate of drug-likeness (QED) is 0.292. The van der Waals surface area contributed by atoms with Crippen LogP contribution in [-0.2, 0) is 54.8 Å². The minimum Gasteiger partial charge on any atom is -0.493 e. The van der Waals surface area contributed by atoms with Crippen molar-refractivity contribution in [1.82, 2.24) is 4.90 Å². The van der Waals surface area contributed by atoms with Crippen molar-refractivity contribution in [3.8, 4) is 11.5 Å². The summed E-state index contributed by atoms with van der Waals surface area (Å²) in [5, 5.41) is 21.5. The van der Waals surface area contributed by atoms with Crippen LogP contribution < -0.4 is 9.47 Å². The van der Waals surface area contributed by atoms with E-state index in [0.717, 1.165) is 31.9 Å². The minimum atomic E-state index is -2.18. The van der Waals surface area contributed by atoms with E-state index in [1.807, 2.05) is 13.1 Å². The van der Waals surface area contributed by atoms with Gasteiger partial charge in [0.1, 0.15) is 5.76 Å². The highest BCUT2D eigenvalue weighted by molar-refractivity contribution is 5.90. The molecule has 2 bridgehead atoms. The molecule has 2 N–H and O–H groups in total. The summed E-state index contributed by atoms with van der Waals surface area (Å²) in [7, 11) is 3.44. The Bertz CT molecular complexity index is 1420. The number of methoxy groups -OCH3 is 1. The lowest BCUT2D eigenvalue weighted by atomic mass is 9.50. The molecule has 0 saturated carbocycles. The second-order valence-electron chi connectivity index (χ2n) is 11.2. The summed E-state index contributed by atoms with van der Waals surface area (Å²) in [5.41, 5.74) is -0.563. The average molecular weight is 604 g/mol. The van der Waals surface area contributed by atoms with Gasteiger partial charge in [0.15, 0.2) is 23.7 Å². The van der Waals surface area contributed by atoms with Crippen LogP contribution in [0.5, 0.6) is 11.5 Å². The molecule has 0 radical (unpaired) electrons. The molecule has 1 aromatic rings.